The Morgan fingerprint density at radius 1 is 1.04 bits per heavy atom. The van der Waals surface area contributed by atoms with Crippen molar-refractivity contribution >= 4 is 59.1 Å². The highest BCUT2D eigenvalue weighted by atomic mass is 32.1. The average molecular weight is 358 g/mol. The van der Waals surface area contributed by atoms with E-state index in [1.165, 1.54) is 34.8 Å². The van der Waals surface area contributed by atoms with Gasteiger partial charge >= 0.3 is 0 Å². The fourth-order valence-electron chi connectivity index (χ4n) is 2.26. The summed E-state index contributed by atoms with van der Waals surface area (Å²) in [6, 6.07) is 10.4. The fourth-order valence-corrected chi connectivity index (χ4v) is 4.07. The number of hydrogen-bond acceptors (Lipinski definition) is 8. The second kappa shape index (κ2) is 5.69. The third-order valence-corrected chi connectivity index (χ3v) is 5.28. The molecule has 1 N–H and O–H groups in total. The number of rotatable bonds is 4. The van der Waals surface area contributed by atoms with Crippen molar-refractivity contribution in [3.05, 3.63) is 46.5 Å². The SMILES string of the molecule is COc1ccc2sc(Nc3nc4ccc([N+](=O)[O-])cc4s3)nc2c1. The van der Waals surface area contributed by atoms with Gasteiger partial charge in [0, 0.05) is 18.2 Å². The Morgan fingerprint density at radius 2 is 1.79 bits per heavy atom. The minimum absolute atomic E-state index is 0.0600. The van der Waals surface area contributed by atoms with Crippen LogP contribution in [0.5, 0.6) is 5.75 Å². The average Bonchev–Trinajstić information content (AvgIpc) is 3.15. The number of nitro groups is 1. The van der Waals surface area contributed by atoms with Gasteiger partial charge in [-0.05, 0) is 18.2 Å². The summed E-state index contributed by atoms with van der Waals surface area (Å²) in [5.41, 5.74) is 1.62. The van der Waals surface area contributed by atoms with Crippen LogP contribution in [0, 0.1) is 10.1 Å². The molecule has 0 aliphatic heterocycles. The van der Waals surface area contributed by atoms with Crippen LogP contribution in [0.4, 0.5) is 16.0 Å². The van der Waals surface area contributed by atoms with Gasteiger partial charge in [0.25, 0.3) is 5.69 Å². The van der Waals surface area contributed by atoms with Crippen LogP contribution in [0.25, 0.3) is 20.4 Å². The lowest BCUT2D eigenvalue weighted by Gasteiger charge is -1.96. The molecule has 2 aromatic carbocycles. The number of anilines is 2. The number of ether oxygens (including phenoxy) is 1. The Balaban J connectivity index is 1.67. The largest absolute Gasteiger partial charge is 0.497 e. The van der Waals surface area contributed by atoms with E-state index in [-0.39, 0.29) is 5.69 Å². The topological polar surface area (TPSA) is 90.2 Å². The number of nitrogens with zero attached hydrogens (tertiary/aromatic N) is 3. The molecule has 0 radical (unpaired) electrons. The first-order chi connectivity index (χ1) is 11.6. The third-order valence-electron chi connectivity index (χ3n) is 3.39. The second-order valence-electron chi connectivity index (χ2n) is 4.91. The normalized spacial score (nSPS) is 11.0. The summed E-state index contributed by atoms with van der Waals surface area (Å²) in [6.45, 7) is 0. The molecule has 0 spiro atoms. The summed E-state index contributed by atoms with van der Waals surface area (Å²) in [5.74, 6) is 0.756. The Hall–Kier alpha value is -2.78. The van der Waals surface area contributed by atoms with E-state index in [1.807, 2.05) is 18.2 Å². The molecule has 0 bridgehead atoms. The van der Waals surface area contributed by atoms with Gasteiger partial charge < -0.3 is 10.1 Å². The first kappa shape index (κ1) is 14.8. The lowest BCUT2D eigenvalue weighted by molar-refractivity contribution is -0.384. The van der Waals surface area contributed by atoms with Crippen molar-refractivity contribution in [3.8, 4) is 5.75 Å². The maximum atomic E-state index is 10.8. The van der Waals surface area contributed by atoms with Crippen LogP contribution in [0.3, 0.4) is 0 Å². The van der Waals surface area contributed by atoms with E-state index in [9.17, 15) is 10.1 Å². The highest BCUT2D eigenvalue weighted by Crippen LogP contribution is 2.34. The van der Waals surface area contributed by atoms with E-state index in [4.69, 9.17) is 4.74 Å². The third kappa shape index (κ3) is 2.63. The molecule has 0 unspecified atom stereocenters. The minimum atomic E-state index is -0.410. The molecule has 9 heteroatoms. The molecule has 2 aromatic heterocycles. The van der Waals surface area contributed by atoms with Crippen molar-refractivity contribution in [2.45, 2.75) is 0 Å². The van der Waals surface area contributed by atoms with Crippen molar-refractivity contribution < 1.29 is 9.66 Å². The molecule has 4 aromatic rings. The zero-order chi connectivity index (χ0) is 16.7. The van der Waals surface area contributed by atoms with Gasteiger partial charge in [-0.25, -0.2) is 9.97 Å². The molecule has 0 aliphatic carbocycles. The lowest BCUT2D eigenvalue weighted by atomic mass is 10.3. The van der Waals surface area contributed by atoms with Crippen molar-refractivity contribution in [2.24, 2.45) is 0 Å². The Morgan fingerprint density at radius 3 is 2.54 bits per heavy atom. The molecule has 0 atom stereocenters. The summed E-state index contributed by atoms with van der Waals surface area (Å²) in [5, 5.41) is 15.4. The molecule has 7 nitrogen and oxygen atoms in total. The standard InChI is InChI=1S/C15H10N4O3S2/c1-22-9-3-5-12-11(7-9)17-15(23-12)18-14-16-10-4-2-8(19(20)21)6-13(10)24-14/h2-7H,1H3,(H,16,17,18). The minimum Gasteiger partial charge on any atom is -0.497 e. The molecule has 120 valence electrons. The molecule has 0 saturated carbocycles. The van der Waals surface area contributed by atoms with Gasteiger partial charge in [-0.2, -0.15) is 0 Å². The van der Waals surface area contributed by atoms with Crippen LogP contribution in [-0.2, 0) is 0 Å². The van der Waals surface area contributed by atoms with E-state index < -0.39 is 4.92 Å². The second-order valence-corrected chi connectivity index (χ2v) is 6.97. The monoisotopic (exact) mass is 358 g/mol. The number of nitrogens with one attached hydrogen (secondary N) is 1. The van der Waals surface area contributed by atoms with Crippen LogP contribution in [0.1, 0.15) is 0 Å². The number of hydrogen-bond donors (Lipinski definition) is 1. The predicted octanol–water partition coefficient (Wildman–Crippen LogP) is 4.57. The van der Waals surface area contributed by atoms with Crippen LogP contribution in [-0.4, -0.2) is 22.0 Å². The van der Waals surface area contributed by atoms with Gasteiger partial charge in [0.15, 0.2) is 10.3 Å². The number of aromatic nitrogens is 2. The van der Waals surface area contributed by atoms with Gasteiger partial charge in [-0.3, -0.25) is 10.1 Å². The van der Waals surface area contributed by atoms with Gasteiger partial charge in [0.2, 0.25) is 0 Å². The Kier molecular flexibility index (Phi) is 3.51. The predicted molar refractivity (Wildman–Crippen MR) is 95.7 cm³/mol. The van der Waals surface area contributed by atoms with Crippen LogP contribution >= 0.6 is 22.7 Å². The first-order valence-corrected chi connectivity index (χ1v) is 8.52. The smallest absolute Gasteiger partial charge is 0.270 e. The van der Waals surface area contributed by atoms with Crippen molar-refractivity contribution in [1.29, 1.82) is 0 Å². The number of nitro benzene ring substituents is 1. The summed E-state index contributed by atoms with van der Waals surface area (Å²) in [6.07, 6.45) is 0. The molecule has 0 amide bonds. The van der Waals surface area contributed by atoms with E-state index in [0.29, 0.717) is 10.3 Å². The highest BCUT2D eigenvalue weighted by Gasteiger charge is 2.12. The first-order valence-electron chi connectivity index (χ1n) is 6.89. The van der Waals surface area contributed by atoms with Crippen LogP contribution in [0.15, 0.2) is 36.4 Å². The maximum absolute atomic E-state index is 10.8. The molecule has 0 saturated heterocycles. The summed E-state index contributed by atoms with van der Waals surface area (Å²) in [4.78, 5) is 19.4. The van der Waals surface area contributed by atoms with Crippen LogP contribution in [0.2, 0.25) is 0 Å². The maximum Gasteiger partial charge on any atom is 0.270 e. The molecular weight excluding hydrogens is 348 g/mol. The van der Waals surface area contributed by atoms with E-state index in [1.54, 1.807) is 13.2 Å². The number of non-ortho nitro benzene ring substituents is 1. The van der Waals surface area contributed by atoms with Crippen molar-refractivity contribution in [1.82, 2.24) is 9.97 Å². The quantitative estimate of drug-likeness (QED) is 0.425. The van der Waals surface area contributed by atoms with Gasteiger partial charge in [-0.1, -0.05) is 22.7 Å². The van der Waals surface area contributed by atoms with E-state index >= 15 is 0 Å². The Bertz CT molecular complexity index is 1070. The molecule has 2 heterocycles. The van der Waals surface area contributed by atoms with E-state index in [2.05, 4.69) is 15.3 Å². The Labute approximate surface area is 143 Å². The number of methoxy groups -OCH3 is 1. The zero-order valence-electron chi connectivity index (χ0n) is 12.3. The zero-order valence-corrected chi connectivity index (χ0v) is 14.0. The number of benzene rings is 2. The van der Waals surface area contributed by atoms with Crippen molar-refractivity contribution in [2.75, 3.05) is 12.4 Å². The summed E-state index contributed by atoms with van der Waals surface area (Å²) < 4.78 is 6.99. The summed E-state index contributed by atoms with van der Waals surface area (Å²) in [7, 11) is 1.62. The van der Waals surface area contributed by atoms with Gasteiger partial charge in [0.05, 0.1) is 32.5 Å². The van der Waals surface area contributed by atoms with Crippen molar-refractivity contribution in [3.63, 3.8) is 0 Å². The fraction of sp³-hybridized carbons (Fsp3) is 0.0667. The molecular formula is C15H10N4O3S2. The van der Waals surface area contributed by atoms with E-state index in [0.717, 1.165) is 26.2 Å². The molecule has 24 heavy (non-hydrogen) atoms. The summed E-state index contributed by atoms with van der Waals surface area (Å²) >= 11 is 2.87. The molecule has 0 aliphatic rings. The highest BCUT2D eigenvalue weighted by molar-refractivity contribution is 7.24. The molecule has 4 rings (SSSR count). The lowest BCUT2D eigenvalue weighted by Crippen LogP contribution is -1.87. The van der Waals surface area contributed by atoms with Gasteiger partial charge in [0.1, 0.15) is 5.75 Å². The number of thiazole rings is 2. The number of fused-ring (bicyclic) bond motifs is 2. The van der Waals surface area contributed by atoms with Crippen LogP contribution < -0.4 is 10.1 Å². The molecule has 0 fully saturated rings. The van der Waals surface area contributed by atoms with Gasteiger partial charge in [-0.15, -0.1) is 0 Å².